The van der Waals surface area contributed by atoms with Gasteiger partial charge in [0.15, 0.2) is 0 Å². The number of hydrogen-bond acceptors (Lipinski definition) is 0. The normalized spacial score (nSPS) is 20.6. The maximum Gasteiger partial charge on any atom is 0.0602 e. The molecule has 0 aliphatic heterocycles. The van der Waals surface area contributed by atoms with Crippen molar-refractivity contribution >= 4 is 15.9 Å². The van der Waals surface area contributed by atoms with Crippen molar-refractivity contribution in [3.05, 3.63) is 52.4 Å². The van der Waals surface area contributed by atoms with Gasteiger partial charge in [-0.15, -0.1) is 18.2 Å². The quantitative estimate of drug-likeness (QED) is 0.115. The third kappa shape index (κ3) is 5.42. The molecule has 0 saturated carbocycles. The van der Waals surface area contributed by atoms with Gasteiger partial charge in [0.2, 0.25) is 0 Å². The number of hydrogen-bond donors (Lipinski definition) is 0. The standard InChI is InChI=1S/C7H11.C6BrF4.Au/c1-6-3-4-7(2)5-6;7-4-5(10)2(8)1-3(9)6(4)11;/h3-7H,1-2H3;;/q2*-1;. The molecule has 0 aromatic heterocycles. The van der Waals surface area contributed by atoms with Crippen LogP contribution >= 0.6 is 15.9 Å². The molecular formula is C13H11AuBrF4-2. The van der Waals surface area contributed by atoms with Crippen LogP contribution in [-0.2, 0) is 22.4 Å². The van der Waals surface area contributed by atoms with Crippen molar-refractivity contribution < 1.29 is 39.9 Å². The Hall–Kier alpha value is -0.0997. The first-order chi connectivity index (χ1) is 8.32. The summed E-state index contributed by atoms with van der Waals surface area (Å²) >= 11 is 2.33. The Morgan fingerprint density at radius 3 is 1.63 bits per heavy atom. The zero-order chi connectivity index (χ0) is 13.9. The third-order valence-electron chi connectivity index (χ3n) is 2.32. The predicted molar refractivity (Wildman–Crippen MR) is 64.6 cm³/mol. The molecule has 0 spiro atoms. The molecule has 0 bridgehead atoms. The molecule has 0 saturated heterocycles. The summed E-state index contributed by atoms with van der Waals surface area (Å²) in [7, 11) is 0. The minimum Gasteiger partial charge on any atom is -0.316 e. The van der Waals surface area contributed by atoms with Crippen molar-refractivity contribution in [3.63, 3.8) is 0 Å². The van der Waals surface area contributed by atoms with E-state index in [0.717, 1.165) is 11.8 Å². The number of benzene rings is 1. The second-order valence-electron chi connectivity index (χ2n) is 3.99. The molecule has 0 amide bonds. The van der Waals surface area contributed by atoms with Crippen LogP contribution in [0.5, 0.6) is 0 Å². The largest absolute Gasteiger partial charge is 0.316 e. The van der Waals surface area contributed by atoms with E-state index < -0.39 is 27.7 Å². The number of allylic oxidation sites excluding steroid dienone is 2. The van der Waals surface area contributed by atoms with Crippen LogP contribution in [0, 0.1) is 47.6 Å². The molecule has 6 heteroatoms. The molecule has 1 aliphatic rings. The van der Waals surface area contributed by atoms with Crippen LogP contribution in [0.2, 0.25) is 0 Å². The second-order valence-corrected chi connectivity index (χ2v) is 4.78. The van der Waals surface area contributed by atoms with Crippen LogP contribution in [0.1, 0.15) is 13.8 Å². The number of rotatable bonds is 0. The Kier molecular flexibility index (Phi) is 8.20. The molecule has 0 nitrogen and oxygen atoms in total. The van der Waals surface area contributed by atoms with Gasteiger partial charge in [0.05, 0.1) is 11.6 Å². The third-order valence-corrected chi connectivity index (χ3v) is 3.01. The van der Waals surface area contributed by atoms with Crippen molar-refractivity contribution in [1.29, 1.82) is 0 Å². The molecule has 1 radical (unpaired) electrons. The molecule has 2 atom stereocenters. The van der Waals surface area contributed by atoms with Crippen molar-refractivity contribution in [1.82, 2.24) is 0 Å². The van der Waals surface area contributed by atoms with Gasteiger partial charge in [0.1, 0.15) is 0 Å². The minimum atomic E-state index is -1.55. The first-order valence-corrected chi connectivity index (χ1v) is 6.06. The molecule has 111 valence electrons. The van der Waals surface area contributed by atoms with Gasteiger partial charge in [-0.05, 0) is 4.47 Å². The zero-order valence-corrected chi connectivity index (χ0v) is 13.8. The summed E-state index contributed by atoms with van der Waals surface area (Å²) in [6.07, 6.45) is 6.81. The topological polar surface area (TPSA) is 0 Å². The van der Waals surface area contributed by atoms with Crippen LogP contribution in [0.3, 0.4) is 0 Å². The fourth-order valence-corrected chi connectivity index (χ4v) is 1.80. The van der Waals surface area contributed by atoms with Crippen LogP contribution in [0.15, 0.2) is 16.6 Å². The van der Waals surface area contributed by atoms with Crippen molar-refractivity contribution in [2.75, 3.05) is 0 Å². The van der Waals surface area contributed by atoms with Crippen LogP contribution in [0.25, 0.3) is 0 Å². The first-order valence-electron chi connectivity index (χ1n) is 5.27. The molecule has 1 aliphatic carbocycles. The van der Waals surface area contributed by atoms with Gasteiger partial charge in [0.25, 0.3) is 0 Å². The van der Waals surface area contributed by atoms with Crippen molar-refractivity contribution in [2.24, 2.45) is 11.8 Å². The summed E-state index contributed by atoms with van der Waals surface area (Å²) in [6.45, 7) is 4.42. The Morgan fingerprint density at radius 2 is 1.37 bits per heavy atom. The van der Waals surface area contributed by atoms with E-state index in [9.17, 15) is 17.6 Å². The average Bonchev–Trinajstić information content (AvgIpc) is 2.69. The van der Waals surface area contributed by atoms with E-state index in [-0.39, 0.29) is 22.4 Å². The van der Waals surface area contributed by atoms with Crippen molar-refractivity contribution in [3.8, 4) is 0 Å². The zero-order valence-electron chi connectivity index (χ0n) is 10.1. The predicted octanol–water partition coefficient (Wildman–Crippen LogP) is 4.84. The Labute approximate surface area is 133 Å². The summed E-state index contributed by atoms with van der Waals surface area (Å²) in [5.41, 5.74) is 0. The molecule has 19 heavy (non-hydrogen) atoms. The maximum absolute atomic E-state index is 12.3. The molecule has 0 heterocycles. The summed E-state index contributed by atoms with van der Waals surface area (Å²) in [5.74, 6) is -4.62. The van der Waals surface area contributed by atoms with Crippen molar-refractivity contribution in [2.45, 2.75) is 13.8 Å². The molecule has 1 aromatic carbocycles. The van der Waals surface area contributed by atoms with E-state index in [0.29, 0.717) is 0 Å². The van der Waals surface area contributed by atoms with E-state index in [1.807, 2.05) is 0 Å². The van der Waals surface area contributed by atoms with Gasteiger partial charge < -0.3 is 6.42 Å². The Morgan fingerprint density at radius 1 is 1.00 bits per heavy atom. The molecule has 0 N–H and O–H groups in total. The van der Waals surface area contributed by atoms with E-state index >= 15 is 0 Å². The molecule has 2 rings (SSSR count). The second kappa shape index (κ2) is 8.25. The van der Waals surface area contributed by atoms with Gasteiger partial charge >= 0.3 is 0 Å². The summed E-state index contributed by atoms with van der Waals surface area (Å²) < 4.78 is 48.1. The average molecular weight is 520 g/mol. The monoisotopic (exact) mass is 519 g/mol. The van der Waals surface area contributed by atoms with Gasteiger partial charge in [-0.1, -0.05) is 29.8 Å². The SMILES string of the molecule is CC1C=CC(C)[CH-]1.Fc1[c-]c(F)c(F)c(Br)c1F.[Au]. The molecule has 0 fully saturated rings. The smallest absolute Gasteiger partial charge is 0.0602 e. The van der Waals surface area contributed by atoms with Crippen LogP contribution in [-0.4, -0.2) is 0 Å². The minimum absolute atomic E-state index is 0. The maximum atomic E-state index is 12.3. The summed E-state index contributed by atoms with van der Waals surface area (Å²) in [5, 5.41) is 0. The van der Waals surface area contributed by atoms with Gasteiger partial charge in [-0.3, -0.25) is 8.78 Å². The Bertz CT molecular complexity index is 426. The summed E-state index contributed by atoms with van der Waals surface area (Å²) in [4.78, 5) is 0. The fourth-order valence-electron chi connectivity index (χ4n) is 1.45. The van der Waals surface area contributed by atoms with Crippen LogP contribution in [0.4, 0.5) is 17.6 Å². The molecule has 2 unspecified atom stereocenters. The molecule has 1 aromatic rings. The Balaban J connectivity index is 0.000000352. The van der Waals surface area contributed by atoms with E-state index in [1.54, 1.807) is 0 Å². The van der Waals surface area contributed by atoms with Gasteiger partial charge in [0, 0.05) is 34.0 Å². The van der Waals surface area contributed by atoms with E-state index in [2.05, 4.69) is 48.4 Å². The van der Waals surface area contributed by atoms with E-state index in [1.165, 1.54) is 6.07 Å². The van der Waals surface area contributed by atoms with Gasteiger partial charge in [-0.25, -0.2) is 8.78 Å². The summed E-state index contributed by atoms with van der Waals surface area (Å²) in [6, 6.07) is 1.23. The number of halogens is 5. The first kappa shape index (κ1) is 18.9. The van der Waals surface area contributed by atoms with Gasteiger partial charge in [-0.2, -0.15) is 11.8 Å². The fraction of sp³-hybridized carbons (Fsp3) is 0.308. The van der Waals surface area contributed by atoms with E-state index in [4.69, 9.17) is 0 Å². The molecular weight excluding hydrogens is 509 g/mol. The van der Waals surface area contributed by atoms with Crippen LogP contribution < -0.4 is 0 Å².